The van der Waals surface area contributed by atoms with Crippen LogP contribution in [-0.4, -0.2) is 21.5 Å². The predicted octanol–water partition coefficient (Wildman–Crippen LogP) is 1.53. The van der Waals surface area contributed by atoms with Crippen molar-refractivity contribution in [2.45, 2.75) is 52.0 Å². The molecule has 1 fully saturated rings. The molecule has 0 bridgehead atoms. The summed E-state index contributed by atoms with van der Waals surface area (Å²) in [6, 6.07) is 0. The Bertz CT molecular complexity index is 328. The largest absolute Gasteiger partial charge is 0.330 e. The summed E-state index contributed by atoms with van der Waals surface area (Å²) in [4.78, 5) is 0. The van der Waals surface area contributed by atoms with E-state index in [4.69, 9.17) is 5.73 Å². The van der Waals surface area contributed by atoms with E-state index in [0.717, 1.165) is 31.0 Å². The van der Waals surface area contributed by atoms with E-state index >= 15 is 0 Å². The van der Waals surface area contributed by atoms with E-state index in [1.807, 2.05) is 0 Å². The number of aryl methyl sites for hydroxylation is 1. The normalized spacial score (nSPS) is 15.6. The Kier molecular flexibility index (Phi) is 3.93. The SMILES string of the molecule is CCCCn1nnc(CCN)c1CC1CC1. The van der Waals surface area contributed by atoms with Gasteiger partial charge in [0.2, 0.25) is 0 Å². The molecule has 0 aromatic carbocycles. The molecule has 2 rings (SSSR count). The quantitative estimate of drug-likeness (QED) is 0.761. The topological polar surface area (TPSA) is 56.7 Å². The van der Waals surface area contributed by atoms with Gasteiger partial charge in [0, 0.05) is 13.0 Å². The maximum Gasteiger partial charge on any atom is 0.0871 e. The molecule has 1 aliphatic rings. The van der Waals surface area contributed by atoms with Crippen LogP contribution in [0.5, 0.6) is 0 Å². The van der Waals surface area contributed by atoms with Crippen LogP contribution >= 0.6 is 0 Å². The van der Waals surface area contributed by atoms with Gasteiger partial charge in [-0.25, -0.2) is 4.68 Å². The third-order valence-electron chi connectivity index (χ3n) is 3.20. The molecule has 4 heteroatoms. The number of rotatable bonds is 7. The second-order valence-corrected chi connectivity index (χ2v) is 4.75. The molecule has 0 spiro atoms. The number of nitrogens with two attached hydrogens (primary N) is 1. The van der Waals surface area contributed by atoms with Gasteiger partial charge in [-0.3, -0.25) is 0 Å². The first-order valence-corrected chi connectivity index (χ1v) is 6.46. The van der Waals surface area contributed by atoms with E-state index in [1.54, 1.807) is 0 Å². The summed E-state index contributed by atoms with van der Waals surface area (Å²) in [7, 11) is 0. The number of unbranched alkanes of at least 4 members (excludes halogenated alkanes) is 1. The van der Waals surface area contributed by atoms with E-state index in [2.05, 4.69) is 21.9 Å². The van der Waals surface area contributed by atoms with Gasteiger partial charge >= 0.3 is 0 Å². The molecule has 1 heterocycles. The first-order chi connectivity index (χ1) is 7.85. The number of nitrogens with zero attached hydrogens (tertiary/aromatic N) is 3. The zero-order chi connectivity index (χ0) is 11.4. The molecule has 0 amide bonds. The fraction of sp³-hybridized carbons (Fsp3) is 0.833. The molecule has 4 nitrogen and oxygen atoms in total. The van der Waals surface area contributed by atoms with E-state index in [9.17, 15) is 0 Å². The van der Waals surface area contributed by atoms with Crippen molar-refractivity contribution in [3.63, 3.8) is 0 Å². The number of hydrogen-bond acceptors (Lipinski definition) is 3. The minimum Gasteiger partial charge on any atom is -0.330 e. The molecule has 16 heavy (non-hydrogen) atoms. The molecule has 1 aromatic heterocycles. The average molecular weight is 222 g/mol. The summed E-state index contributed by atoms with van der Waals surface area (Å²) in [6.45, 7) is 3.89. The number of aromatic nitrogens is 3. The van der Waals surface area contributed by atoms with Gasteiger partial charge in [0.1, 0.15) is 0 Å². The van der Waals surface area contributed by atoms with Crippen molar-refractivity contribution in [3.8, 4) is 0 Å². The van der Waals surface area contributed by atoms with Gasteiger partial charge in [0.15, 0.2) is 0 Å². The summed E-state index contributed by atoms with van der Waals surface area (Å²) < 4.78 is 2.10. The van der Waals surface area contributed by atoms with Gasteiger partial charge in [-0.15, -0.1) is 5.10 Å². The van der Waals surface area contributed by atoms with E-state index in [-0.39, 0.29) is 0 Å². The van der Waals surface area contributed by atoms with Crippen LogP contribution in [0.15, 0.2) is 0 Å². The lowest BCUT2D eigenvalue weighted by Crippen LogP contribution is -2.09. The smallest absolute Gasteiger partial charge is 0.0871 e. The Balaban J connectivity index is 2.08. The van der Waals surface area contributed by atoms with Gasteiger partial charge in [-0.2, -0.15) is 0 Å². The van der Waals surface area contributed by atoms with E-state index in [1.165, 1.54) is 31.4 Å². The maximum absolute atomic E-state index is 5.61. The second-order valence-electron chi connectivity index (χ2n) is 4.75. The lowest BCUT2D eigenvalue weighted by Gasteiger charge is -2.06. The van der Waals surface area contributed by atoms with Crippen LogP contribution in [0.3, 0.4) is 0 Å². The van der Waals surface area contributed by atoms with Crippen molar-refractivity contribution < 1.29 is 0 Å². The van der Waals surface area contributed by atoms with Gasteiger partial charge in [-0.05, 0) is 38.1 Å². The molecule has 0 aliphatic heterocycles. The molecule has 2 N–H and O–H groups in total. The third kappa shape index (κ3) is 2.82. The summed E-state index contributed by atoms with van der Waals surface area (Å²) in [5.74, 6) is 0.885. The molecule has 1 aromatic rings. The van der Waals surface area contributed by atoms with Crippen molar-refractivity contribution in [2.75, 3.05) is 6.54 Å². The van der Waals surface area contributed by atoms with Gasteiger partial charge in [0.05, 0.1) is 11.4 Å². The monoisotopic (exact) mass is 222 g/mol. The lowest BCUT2D eigenvalue weighted by molar-refractivity contribution is 0.526. The van der Waals surface area contributed by atoms with Crippen LogP contribution in [0.25, 0.3) is 0 Å². The molecular formula is C12H22N4. The summed E-state index contributed by atoms with van der Waals surface area (Å²) in [5, 5.41) is 8.54. The van der Waals surface area contributed by atoms with Gasteiger partial charge in [0.25, 0.3) is 0 Å². The molecule has 1 saturated carbocycles. The highest BCUT2D eigenvalue weighted by Crippen LogP contribution is 2.33. The first kappa shape index (κ1) is 11.6. The van der Waals surface area contributed by atoms with Crippen molar-refractivity contribution in [3.05, 3.63) is 11.4 Å². The van der Waals surface area contributed by atoms with E-state index < -0.39 is 0 Å². The van der Waals surface area contributed by atoms with Gasteiger partial charge in [-0.1, -0.05) is 18.6 Å². The van der Waals surface area contributed by atoms with Crippen LogP contribution in [-0.2, 0) is 19.4 Å². The van der Waals surface area contributed by atoms with Crippen molar-refractivity contribution in [2.24, 2.45) is 11.7 Å². The first-order valence-electron chi connectivity index (χ1n) is 6.46. The highest BCUT2D eigenvalue weighted by molar-refractivity contribution is 5.13. The predicted molar refractivity (Wildman–Crippen MR) is 64.1 cm³/mol. The maximum atomic E-state index is 5.61. The molecule has 90 valence electrons. The Morgan fingerprint density at radius 3 is 2.88 bits per heavy atom. The van der Waals surface area contributed by atoms with Crippen LogP contribution in [0.4, 0.5) is 0 Å². The van der Waals surface area contributed by atoms with Crippen molar-refractivity contribution in [1.29, 1.82) is 0 Å². The minimum atomic E-state index is 0.671. The molecule has 0 radical (unpaired) electrons. The second kappa shape index (κ2) is 5.43. The third-order valence-corrected chi connectivity index (χ3v) is 3.20. The average Bonchev–Trinajstić information content (AvgIpc) is 3.02. The Morgan fingerprint density at radius 1 is 1.44 bits per heavy atom. The highest BCUT2D eigenvalue weighted by atomic mass is 15.4. The fourth-order valence-corrected chi connectivity index (χ4v) is 2.01. The Labute approximate surface area is 97.2 Å². The standard InChI is InChI=1S/C12H22N4/c1-2-3-8-16-12(9-10-4-5-10)11(6-7-13)14-15-16/h10H,2-9,13H2,1H3. The van der Waals surface area contributed by atoms with Crippen LogP contribution in [0, 0.1) is 5.92 Å². The van der Waals surface area contributed by atoms with Crippen molar-refractivity contribution in [1.82, 2.24) is 15.0 Å². The Morgan fingerprint density at radius 2 is 2.25 bits per heavy atom. The van der Waals surface area contributed by atoms with E-state index in [0.29, 0.717) is 6.54 Å². The van der Waals surface area contributed by atoms with Gasteiger partial charge < -0.3 is 5.73 Å². The molecule has 0 saturated heterocycles. The van der Waals surface area contributed by atoms with Crippen LogP contribution in [0.2, 0.25) is 0 Å². The highest BCUT2D eigenvalue weighted by Gasteiger charge is 2.25. The fourth-order valence-electron chi connectivity index (χ4n) is 2.01. The van der Waals surface area contributed by atoms with Crippen LogP contribution < -0.4 is 5.73 Å². The molecule has 0 unspecified atom stereocenters. The summed E-state index contributed by atoms with van der Waals surface area (Å²) in [6.07, 6.45) is 7.17. The molecule has 0 atom stereocenters. The van der Waals surface area contributed by atoms with Crippen molar-refractivity contribution >= 4 is 0 Å². The summed E-state index contributed by atoms with van der Waals surface area (Å²) in [5.41, 5.74) is 8.09. The summed E-state index contributed by atoms with van der Waals surface area (Å²) >= 11 is 0. The molecular weight excluding hydrogens is 200 g/mol. The number of hydrogen-bond donors (Lipinski definition) is 1. The Hall–Kier alpha value is -0.900. The minimum absolute atomic E-state index is 0.671. The lowest BCUT2D eigenvalue weighted by atomic mass is 10.1. The zero-order valence-corrected chi connectivity index (χ0v) is 10.2. The molecule has 1 aliphatic carbocycles. The zero-order valence-electron chi connectivity index (χ0n) is 10.2. The van der Waals surface area contributed by atoms with Crippen LogP contribution in [0.1, 0.15) is 44.0 Å².